The number of benzene rings is 2. The van der Waals surface area contributed by atoms with Crippen molar-refractivity contribution in [3.8, 4) is 0 Å². The Morgan fingerprint density at radius 1 is 1.00 bits per heavy atom. The maximum absolute atomic E-state index is 12.8. The molecule has 2 aromatic carbocycles. The van der Waals surface area contributed by atoms with Crippen LogP contribution in [0, 0.1) is 19.8 Å². The van der Waals surface area contributed by atoms with Crippen molar-refractivity contribution < 1.29 is 13.2 Å². The lowest BCUT2D eigenvalue weighted by Crippen LogP contribution is -2.43. The molecule has 6 heteroatoms. The van der Waals surface area contributed by atoms with E-state index in [4.69, 9.17) is 0 Å². The molecule has 156 valence electrons. The van der Waals surface area contributed by atoms with E-state index in [1.165, 1.54) is 9.87 Å². The summed E-state index contributed by atoms with van der Waals surface area (Å²) in [6.07, 6.45) is 1.90. The Labute approximate surface area is 174 Å². The Hall–Kier alpha value is -2.18. The van der Waals surface area contributed by atoms with Gasteiger partial charge in [-0.05, 0) is 50.8 Å². The van der Waals surface area contributed by atoms with Crippen molar-refractivity contribution in [2.75, 3.05) is 13.1 Å². The number of hydrogen-bond acceptors (Lipinski definition) is 3. The fraction of sp³-hybridized carbons (Fsp3) is 0.435. The van der Waals surface area contributed by atoms with Gasteiger partial charge < -0.3 is 5.32 Å². The zero-order chi connectivity index (χ0) is 21.0. The monoisotopic (exact) mass is 414 g/mol. The standard InChI is InChI=1S/C23H30N2O3S/c1-4-22(19-9-5-17(2)6-10-19)24-23(26)20-13-15-25(16-14-20)29(27,28)21-11-7-18(3)8-12-21/h5-12,20,22H,4,13-16H2,1-3H3,(H,24,26)/t22-/m0/s1. The van der Waals surface area contributed by atoms with Crippen LogP contribution in [0.4, 0.5) is 0 Å². The number of sulfonamides is 1. The third kappa shape index (κ3) is 5.06. The Kier molecular flexibility index (Phi) is 6.75. The molecule has 1 aliphatic heterocycles. The van der Waals surface area contributed by atoms with Gasteiger partial charge in [0.15, 0.2) is 0 Å². The van der Waals surface area contributed by atoms with Crippen LogP contribution in [0.1, 0.15) is 48.9 Å². The van der Waals surface area contributed by atoms with Gasteiger partial charge in [0, 0.05) is 19.0 Å². The zero-order valence-electron chi connectivity index (χ0n) is 17.4. The fourth-order valence-corrected chi connectivity index (χ4v) is 5.20. The van der Waals surface area contributed by atoms with E-state index in [2.05, 4.69) is 36.5 Å². The summed E-state index contributed by atoms with van der Waals surface area (Å²) in [6.45, 7) is 6.77. The normalized spacial score (nSPS) is 17.1. The van der Waals surface area contributed by atoms with E-state index in [1.807, 2.05) is 26.0 Å². The molecule has 1 atom stereocenters. The minimum atomic E-state index is -3.50. The Morgan fingerprint density at radius 3 is 2.03 bits per heavy atom. The van der Waals surface area contributed by atoms with E-state index >= 15 is 0 Å². The van der Waals surface area contributed by atoms with E-state index < -0.39 is 10.0 Å². The van der Waals surface area contributed by atoms with Crippen molar-refractivity contribution in [3.05, 3.63) is 65.2 Å². The molecule has 1 heterocycles. The first-order chi connectivity index (χ1) is 13.8. The number of piperidine rings is 1. The molecule has 0 radical (unpaired) electrons. The smallest absolute Gasteiger partial charge is 0.243 e. The van der Waals surface area contributed by atoms with Crippen molar-refractivity contribution in [3.63, 3.8) is 0 Å². The number of carbonyl (C=O) groups excluding carboxylic acids is 1. The average Bonchev–Trinajstić information content (AvgIpc) is 2.73. The van der Waals surface area contributed by atoms with Crippen molar-refractivity contribution >= 4 is 15.9 Å². The topological polar surface area (TPSA) is 66.5 Å². The van der Waals surface area contributed by atoms with Gasteiger partial charge >= 0.3 is 0 Å². The van der Waals surface area contributed by atoms with Gasteiger partial charge in [0.05, 0.1) is 10.9 Å². The molecule has 0 bridgehead atoms. The Bertz CT molecular complexity index is 929. The SMILES string of the molecule is CC[C@H](NC(=O)C1CCN(S(=O)(=O)c2ccc(C)cc2)CC1)c1ccc(C)cc1. The molecular formula is C23H30N2O3S. The van der Waals surface area contributed by atoms with Crippen LogP contribution in [-0.2, 0) is 14.8 Å². The van der Waals surface area contributed by atoms with Gasteiger partial charge in [-0.15, -0.1) is 0 Å². The predicted octanol–water partition coefficient (Wildman–Crippen LogP) is 3.97. The molecule has 5 nitrogen and oxygen atoms in total. The summed E-state index contributed by atoms with van der Waals surface area (Å²) < 4.78 is 27.2. The highest BCUT2D eigenvalue weighted by Gasteiger charge is 2.32. The first kappa shape index (κ1) is 21.5. The fourth-order valence-electron chi connectivity index (χ4n) is 3.73. The van der Waals surface area contributed by atoms with Crippen LogP contribution in [0.15, 0.2) is 53.4 Å². The van der Waals surface area contributed by atoms with Crippen LogP contribution in [-0.4, -0.2) is 31.7 Å². The number of nitrogens with zero attached hydrogens (tertiary/aromatic N) is 1. The second-order valence-corrected chi connectivity index (χ2v) is 9.81. The molecule has 1 fully saturated rings. The molecule has 1 N–H and O–H groups in total. The average molecular weight is 415 g/mol. The van der Waals surface area contributed by atoms with E-state index in [-0.39, 0.29) is 17.9 Å². The van der Waals surface area contributed by atoms with Crippen LogP contribution in [0.5, 0.6) is 0 Å². The largest absolute Gasteiger partial charge is 0.349 e. The predicted molar refractivity (Wildman–Crippen MR) is 115 cm³/mol. The lowest BCUT2D eigenvalue weighted by Gasteiger charge is -2.31. The van der Waals surface area contributed by atoms with Gasteiger partial charge in [-0.1, -0.05) is 54.4 Å². The van der Waals surface area contributed by atoms with Crippen LogP contribution < -0.4 is 5.32 Å². The lowest BCUT2D eigenvalue weighted by molar-refractivity contribution is -0.126. The number of carbonyl (C=O) groups is 1. The molecule has 3 rings (SSSR count). The van der Waals surface area contributed by atoms with E-state index in [0.29, 0.717) is 30.8 Å². The Morgan fingerprint density at radius 2 is 1.52 bits per heavy atom. The van der Waals surface area contributed by atoms with Gasteiger partial charge in [0.25, 0.3) is 0 Å². The highest BCUT2D eigenvalue weighted by Crippen LogP contribution is 2.25. The quantitative estimate of drug-likeness (QED) is 0.778. The zero-order valence-corrected chi connectivity index (χ0v) is 18.2. The number of rotatable bonds is 6. The van der Waals surface area contributed by atoms with Gasteiger partial charge in [0.2, 0.25) is 15.9 Å². The van der Waals surface area contributed by atoms with Crippen LogP contribution in [0.2, 0.25) is 0 Å². The summed E-state index contributed by atoms with van der Waals surface area (Å²) in [5, 5.41) is 3.16. The molecule has 0 aromatic heterocycles. The second-order valence-electron chi connectivity index (χ2n) is 7.87. The summed E-state index contributed by atoms with van der Waals surface area (Å²) in [7, 11) is -3.50. The van der Waals surface area contributed by atoms with E-state index in [9.17, 15) is 13.2 Å². The second kappa shape index (κ2) is 9.09. The molecule has 0 spiro atoms. The first-order valence-corrected chi connectivity index (χ1v) is 11.7. The number of nitrogens with one attached hydrogen (secondary N) is 1. The van der Waals surface area contributed by atoms with Crippen molar-refractivity contribution in [2.45, 2.75) is 51.0 Å². The molecular weight excluding hydrogens is 384 g/mol. The molecule has 0 unspecified atom stereocenters. The number of amides is 1. The van der Waals surface area contributed by atoms with Gasteiger partial charge in [-0.2, -0.15) is 4.31 Å². The van der Waals surface area contributed by atoms with E-state index in [0.717, 1.165) is 17.5 Å². The number of hydrogen-bond donors (Lipinski definition) is 1. The van der Waals surface area contributed by atoms with E-state index in [1.54, 1.807) is 12.1 Å². The molecule has 1 amide bonds. The lowest BCUT2D eigenvalue weighted by atomic mass is 9.95. The summed E-state index contributed by atoms with van der Waals surface area (Å²) in [5.41, 5.74) is 3.32. The molecule has 0 aliphatic carbocycles. The summed E-state index contributed by atoms with van der Waals surface area (Å²) >= 11 is 0. The maximum Gasteiger partial charge on any atom is 0.243 e. The minimum absolute atomic E-state index is 0.0163. The van der Waals surface area contributed by atoms with Crippen LogP contribution in [0.25, 0.3) is 0 Å². The van der Waals surface area contributed by atoms with Gasteiger partial charge in [-0.25, -0.2) is 8.42 Å². The Balaban J connectivity index is 1.60. The highest BCUT2D eigenvalue weighted by atomic mass is 32.2. The first-order valence-electron chi connectivity index (χ1n) is 10.2. The summed E-state index contributed by atoms with van der Waals surface area (Å²) in [6, 6.07) is 15.1. The molecule has 1 saturated heterocycles. The minimum Gasteiger partial charge on any atom is -0.349 e. The maximum atomic E-state index is 12.8. The molecule has 0 saturated carbocycles. The summed E-state index contributed by atoms with van der Waals surface area (Å²) in [5.74, 6) is -0.135. The summed E-state index contributed by atoms with van der Waals surface area (Å²) in [4.78, 5) is 13.1. The number of aryl methyl sites for hydroxylation is 2. The van der Waals surface area contributed by atoms with Crippen molar-refractivity contribution in [1.82, 2.24) is 9.62 Å². The third-order valence-electron chi connectivity index (χ3n) is 5.69. The highest BCUT2D eigenvalue weighted by molar-refractivity contribution is 7.89. The van der Waals surface area contributed by atoms with Crippen molar-refractivity contribution in [2.24, 2.45) is 5.92 Å². The molecule has 1 aliphatic rings. The molecule has 29 heavy (non-hydrogen) atoms. The van der Waals surface area contributed by atoms with Crippen LogP contribution in [0.3, 0.4) is 0 Å². The van der Waals surface area contributed by atoms with Crippen LogP contribution >= 0.6 is 0 Å². The van der Waals surface area contributed by atoms with Gasteiger partial charge in [-0.3, -0.25) is 4.79 Å². The van der Waals surface area contributed by atoms with Gasteiger partial charge in [0.1, 0.15) is 0 Å². The third-order valence-corrected chi connectivity index (χ3v) is 7.60. The van der Waals surface area contributed by atoms with Crippen molar-refractivity contribution in [1.29, 1.82) is 0 Å². The molecule has 2 aromatic rings.